The number of hydrogen-bond acceptors (Lipinski definition) is 3. The Kier molecular flexibility index (Phi) is 2.09. The third-order valence-corrected chi connectivity index (χ3v) is 4.27. The van der Waals surface area contributed by atoms with Gasteiger partial charge >= 0.3 is 0 Å². The largest absolute Gasteiger partial charge is 0.493 e. The van der Waals surface area contributed by atoms with Gasteiger partial charge in [-0.2, -0.15) is 0 Å². The lowest BCUT2D eigenvalue weighted by atomic mass is 9.81. The molecule has 0 N–H and O–H groups in total. The van der Waals surface area contributed by atoms with Crippen LogP contribution in [0.3, 0.4) is 0 Å². The van der Waals surface area contributed by atoms with E-state index in [4.69, 9.17) is 4.74 Å². The predicted molar refractivity (Wildman–Crippen MR) is 68.8 cm³/mol. The molecule has 18 heavy (non-hydrogen) atoms. The SMILES string of the molecule is CC1=C2CCOc3ccc([N+](=O)[O-])c(c32)C1(C)C. The molecule has 1 aromatic carbocycles. The molecular formula is C14H15NO3. The van der Waals surface area contributed by atoms with Crippen molar-refractivity contribution >= 4 is 11.3 Å². The van der Waals surface area contributed by atoms with Crippen molar-refractivity contribution in [3.8, 4) is 5.75 Å². The molecule has 4 heteroatoms. The highest BCUT2D eigenvalue weighted by molar-refractivity contribution is 5.87. The summed E-state index contributed by atoms with van der Waals surface area (Å²) in [6.45, 7) is 6.84. The number of benzene rings is 1. The summed E-state index contributed by atoms with van der Waals surface area (Å²) in [7, 11) is 0. The summed E-state index contributed by atoms with van der Waals surface area (Å²) >= 11 is 0. The summed E-state index contributed by atoms with van der Waals surface area (Å²) in [5.74, 6) is 0.793. The lowest BCUT2D eigenvalue weighted by Gasteiger charge is -2.22. The third-order valence-electron chi connectivity index (χ3n) is 4.27. The molecule has 4 nitrogen and oxygen atoms in total. The topological polar surface area (TPSA) is 52.4 Å². The Labute approximate surface area is 105 Å². The molecule has 0 aromatic heterocycles. The van der Waals surface area contributed by atoms with E-state index < -0.39 is 0 Å². The Bertz CT molecular complexity index is 599. The van der Waals surface area contributed by atoms with Crippen LogP contribution in [0.2, 0.25) is 0 Å². The minimum absolute atomic E-state index is 0.207. The molecule has 0 radical (unpaired) electrons. The molecule has 0 spiro atoms. The molecule has 3 rings (SSSR count). The van der Waals surface area contributed by atoms with Gasteiger partial charge in [0.05, 0.1) is 17.1 Å². The van der Waals surface area contributed by atoms with E-state index in [-0.39, 0.29) is 16.0 Å². The summed E-state index contributed by atoms with van der Waals surface area (Å²) in [5, 5.41) is 11.2. The van der Waals surface area contributed by atoms with Gasteiger partial charge < -0.3 is 4.74 Å². The van der Waals surface area contributed by atoms with E-state index in [0.29, 0.717) is 6.61 Å². The van der Waals surface area contributed by atoms with Crippen LogP contribution in [-0.2, 0) is 5.41 Å². The maximum Gasteiger partial charge on any atom is 0.274 e. The predicted octanol–water partition coefficient (Wildman–Crippen LogP) is 3.44. The molecule has 0 bridgehead atoms. The monoisotopic (exact) mass is 245 g/mol. The van der Waals surface area contributed by atoms with E-state index in [1.54, 1.807) is 12.1 Å². The van der Waals surface area contributed by atoms with Crippen LogP contribution in [0.15, 0.2) is 17.7 Å². The van der Waals surface area contributed by atoms with Crippen LogP contribution >= 0.6 is 0 Å². The first-order chi connectivity index (χ1) is 8.44. The first kappa shape index (κ1) is 11.3. The zero-order valence-corrected chi connectivity index (χ0v) is 10.7. The standard InChI is InChI=1S/C14H15NO3/c1-8-9-6-7-18-11-5-4-10(15(16)17)13(12(9)11)14(8,2)3/h4-5H,6-7H2,1-3H3. The summed E-state index contributed by atoms with van der Waals surface area (Å²) < 4.78 is 5.63. The van der Waals surface area contributed by atoms with Crippen molar-refractivity contribution in [1.29, 1.82) is 0 Å². The Morgan fingerprint density at radius 2 is 2.11 bits per heavy atom. The van der Waals surface area contributed by atoms with Gasteiger partial charge in [0.1, 0.15) is 5.75 Å². The van der Waals surface area contributed by atoms with Crippen LogP contribution in [0.5, 0.6) is 5.75 Å². The first-order valence-corrected chi connectivity index (χ1v) is 6.10. The average Bonchev–Trinajstić information content (AvgIpc) is 2.53. The number of rotatable bonds is 1. The number of allylic oxidation sites excluding steroid dienone is 1. The van der Waals surface area contributed by atoms with E-state index in [0.717, 1.165) is 23.3 Å². The van der Waals surface area contributed by atoms with Gasteiger partial charge in [-0.25, -0.2) is 0 Å². The number of ether oxygens (including phenoxy) is 1. The van der Waals surface area contributed by atoms with Gasteiger partial charge in [-0.1, -0.05) is 19.4 Å². The molecule has 1 aliphatic heterocycles. The van der Waals surface area contributed by atoms with Gasteiger partial charge in [-0.15, -0.1) is 0 Å². The number of nitrogens with zero attached hydrogens (tertiary/aromatic N) is 1. The Morgan fingerprint density at radius 3 is 2.78 bits per heavy atom. The fourth-order valence-corrected chi connectivity index (χ4v) is 3.11. The minimum Gasteiger partial charge on any atom is -0.493 e. The van der Waals surface area contributed by atoms with Gasteiger partial charge in [0, 0.05) is 23.5 Å². The second kappa shape index (κ2) is 3.34. The van der Waals surface area contributed by atoms with Gasteiger partial charge in [0.25, 0.3) is 5.69 Å². The minimum atomic E-state index is -0.289. The van der Waals surface area contributed by atoms with Gasteiger partial charge in [0.15, 0.2) is 0 Å². The molecule has 1 aromatic rings. The number of nitro benzene ring substituents is 1. The van der Waals surface area contributed by atoms with Crippen molar-refractivity contribution < 1.29 is 9.66 Å². The van der Waals surface area contributed by atoms with Crippen molar-refractivity contribution in [2.75, 3.05) is 6.61 Å². The van der Waals surface area contributed by atoms with E-state index >= 15 is 0 Å². The molecule has 2 aliphatic rings. The van der Waals surface area contributed by atoms with Crippen molar-refractivity contribution in [2.45, 2.75) is 32.6 Å². The zero-order chi connectivity index (χ0) is 13.1. The van der Waals surface area contributed by atoms with Crippen molar-refractivity contribution in [1.82, 2.24) is 0 Å². The van der Waals surface area contributed by atoms with Crippen molar-refractivity contribution in [2.24, 2.45) is 0 Å². The molecular weight excluding hydrogens is 230 g/mol. The average molecular weight is 245 g/mol. The summed E-state index contributed by atoms with van der Waals surface area (Å²) in [4.78, 5) is 10.9. The van der Waals surface area contributed by atoms with Crippen molar-refractivity contribution in [3.05, 3.63) is 38.9 Å². The van der Waals surface area contributed by atoms with E-state index in [1.165, 1.54) is 11.1 Å². The Hall–Kier alpha value is -1.84. The molecule has 1 heterocycles. The number of nitro groups is 1. The Morgan fingerprint density at radius 1 is 1.39 bits per heavy atom. The van der Waals surface area contributed by atoms with Gasteiger partial charge in [0.2, 0.25) is 0 Å². The van der Waals surface area contributed by atoms with Crippen LogP contribution < -0.4 is 4.74 Å². The molecule has 94 valence electrons. The van der Waals surface area contributed by atoms with Crippen molar-refractivity contribution in [3.63, 3.8) is 0 Å². The molecule has 0 amide bonds. The lowest BCUT2D eigenvalue weighted by Crippen LogP contribution is -2.17. The van der Waals surface area contributed by atoms with Crippen LogP contribution in [0.25, 0.3) is 5.57 Å². The smallest absolute Gasteiger partial charge is 0.274 e. The first-order valence-electron chi connectivity index (χ1n) is 6.10. The fourth-order valence-electron chi connectivity index (χ4n) is 3.11. The maximum absolute atomic E-state index is 11.2. The molecule has 1 aliphatic carbocycles. The second-order valence-corrected chi connectivity index (χ2v) is 5.42. The highest BCUT2D eigenvalue weighted by Crippen LogP contribution is 2.54. The summed E-state index contributed by atoms with van der Waals surface area (Å²) in [6.07, 6.45) is 0.844. The summed E-state index contributed by atoms with van der Waals surface area (Å²) in [6, 6.07) is 3.29. The van der Waals surface area contributed by atoms with E-state index in [2.05, 4.69) is 20.8 Å². The Balaban J connectivity index is 2.40. The molecule has 0 saturated carbocycles. The fraction of sp³-hybridized carbons (Fsp3) is 0.429. The quantitative estimate of drug-likeness (QED) is 0.562. The number of hydrogen-bond donors (Lipinski definition) is 0. The highest BCUT2D eigenvalue weighted by atomic mass is 16.6. The van der Waals surface area contributed by atoms with Gasteiger partial charge in [-0.3, -0.25) is 10.1 Å². The maximum atomic E-state index is 11.2. The lowest BCUT2D eigenvalue weighted by molar-refractivity contribution is -0.385. The molecule has 0 fully saturated rings. The summed E-state index contributed by atoms with van der Waals surface area (Å²) in [5.41, 5.74) is 4.18. The van der Waals surface area contributed by atoms with E-state index in [9.17, 15) is 10.1 Å². The molecule has 0 saturated heterocycles. The molecule has 0 atom stereocenters. The van der Waals surface area contributed by atoms with Gasteiger partial charge in [-0.05, 0) is 18.6 Å². The normalized spacial score (nSPS) is 19.5. The van der Waals surface area contributed by atoms with E-state index in [1.807, 2.05) is 0 Å². The van der Waals surface area contributed by atoms with Crippen LogP contribution in [0.4, 0.5) is 5.69 Å². The highest BCUT2D eigenvalue weighted by Gasteiger charge is 2.43. The van der Waals surface area contributed by atoms with Crippen LogP contribution in [0.1, 0.15) is 38.3 Å². The second-order valence-electron chi connectivity index (χ2n) is 5.42. The van der Waals surface area contributed by atoms with Crippen LogP contribution in [-0.4, -0.2) is 11.5 Å². The molecule has 0 unspecified atom stereocenters. The third kappa shape index (κ3) is 1.20. The zero-order valence-electron chi connectivity index (χ0n) is 10.7. The van der Waals surface area contributed by atoms with Crippen LogP contribution in [0, 0.1) is 10.1 Å².